The molecule has 3 atom stereocenters. The normalized spacial score (nSPS) is 26.8. The maximum atomic E-state index is 12.4. The number of carbonyl (C=O) groups is 2. The van der Waals surface area contributed by atoms with Crippen molar-refractivity contribution in [2.24, 2.45) is 16.5 Å². The Hall–Kier alpha value is -2.19. The van der Waals surface area contributed by atoms with Crippen LogP contribution in [0.4, 0.5) is 0 Å². The lowest BCUT2D eigenvalue weighted by molar-refractivity contribution is -0.156. The Bertz CT molecular complexity index is 1150. The van der Waals surface area contributed by atoms with Gasteiger partial charge in [-0.05, 0) is 78.1 Å². The predicted octanol–water partition coefficient (Wildman–Crippen LogP) is 6.34. The second-order valence-electron chi connectivity index (χ2n) is 10.5. The highest BCUT2D eigenvalue weighted by Gasteiger charge is 2.56. The number of fused-ring (bicyclic) bond motifs is 3. The highest BCUT2D eigenvalue weighted by molar-refractivity contribution is 9.10. The zero-order valence-corrected chi connectivity index (χ0v) is 23.1. The van der Waals surface area contributed by atoms with Crippen LogP contribution < -0.4 is 5.32 Å². The van der Waals surface area contributed by atoms with E-state index in [4.69, 9.17) is 4.84 Å². The summed E-state index contributed by atoms with van der Waals surface area (Å²) in [6.45, 7) is 9.00. The van der Waals surface area contributed by atoms with Crippen molar-refractivity contribution >= 4 is 44.9 Å². The van der Waals surface area contributed by atoms with Gasteiger partial charge >= 0.3 is 5.97 Å². The summed E-state index contributed by atoms with van der Waals surface area (Å²) in [5.41, 5.74) is 3.72. The number of carboxylic acids is 1. The lowest BCUT2D eigenvalue weighted by atomic mass is 9.49. The van der Waals surface area contributed by atoms with Crippen LogP contribution in [0.3, 0.4) is 0 Å². The van der Waals surface area contributed by atoms with Gasteiger partial charge in [-0.2, -0.15) is 11.3 Å². The minimum Gasteiger partial charge on any atom is -0.481 e. The molecule has 1 saturated carbocycles. The van der Waals surface area contributed by atoms with E-state index in [1.807, 2.05) is 12.3 Å². The summed E-state index contributed by atoms with van der Waals surface area (Å²) in [4.78, 5) is 30.3. The molecule has 2 aliphatic rings. The van der Waals surface area contributed by atoms with Gasteiger partial charge in [0.15, 0.2) is 0 Å². The molecule has 1 fully saturated rings. The number of rotatable bonds is 7. The number of carbonyl (C=O) groups excluding carboxylic acids is 1. The fourth-order valence-electron chi connectivity index (χ4n) is 5.87. The first-order chi connectivity index (χ1) is 16.6. The molecule has 1 aromatic carbocycles. The molecule has 0 saturated heterocycles. The van der Waals surface area contributed by atoms with Gasteiger partial charge in [0, 0.05) is 21.0 Å². The average molecular weight is 562 g/mol. The molecular weight excluding hydrogens is 528 g/mol. The summed E-state index contributed by atoms with van der Waals surface area (Å²) >= 11 is 5.25. The molecule has 0 bridgehead atoms. The predicted molar refractivity (Wildman–Crippen MR) is 142 cm³/mol. The topological polar surface area (TPSA) is 88.0 Å². The second kappa shape index (κ2) is 10.1. The molecule has 1 aromatic heterocycles. The van der Waals surface area contributed by atoms with Crippen LogP contribution >= 0.6 is 27.3 Å². The number of benzene rings is 1. The maximum Gasteiger partial charge on any atom is 0.309 e. The first kappa shape index (κ1) is 25.9. The molecule has 0 spiro atoms. The standard InChI is InChI=1S/C27H33BrN2O4S/c1-16(2)18-12-19-20(13-21(18)28)26(3)7-5-8-27(4,25(32)33)23(26)14-22(19)30-34-10-9-29-24(31)17-6-11-35-15-17/h6,11-13,15-16,23H,5,7-10,14H2,1-4H3,(H,29,31)(H,32,33)/b30-22+/t23-,26-,27-/m1/s1. The van der Waals surface area contributed by atoms with Gasteiger partial charge in [-0.3, -0.25) is 9.59 Å². The molecular formula is C27H33BrN2O4S. The van der Waals surface area contributed by atoms with Crippen LogP contribution in [0, 0.1) is 11.3 Å². The van der Waals surface area contributed by atoms with Gasteiger partial charge in [0.1, 0.15) is 6.61 Å². The van der Waals surface area contributed by atoms with E-state index in [0.29, 0.717) is 30.9 Å². The number of hydrogen-bond donors (Lipinski definition) is 2. The van der Waals surface area contributed by atoms with Gasteiger partial charge in [-0.15, -0.1) is 0 Å². The summed E-state index contributed by atoms with van der Waals surface area (Å²) in [6.07, 6.45) is 3.04. The first-order valence-corrected chi connectivity index (χ1v) is 13.9. The molecule has 4 rings (SSSR count). The second-order valence-corrected chi connectivity index (χ2v) is 12.1. The summed E-state index contributed by atoms with van der Waals surface area (Å²) in [7, 11) is 0. The molecule has 2 aromatic rings. The first-order valence-electron chi connectivity index (χ1n) is 12.1. The van der Waals surface area contributed by atoms with E-state index >= 15 is 0 Å². The third kappa shape index (κ3) is 4.79. The Morgan fingerprint density at radius 3 is 2.74 bits per heavy atom. The molecule has 1 amide bonds. The van der Waals surface area contributed by atoms with E-state index in [9.17, 15) is 14.7 Å². The van der Waals surface area contributed by atoms with Crippen LogP contribution in [-0.2, 0) is 15.0 Å². The van der Waals surface area contributed by atoms with E-state index in [-0.39, 0.29) is 23.8 Å². The van der Waals surface area contributed by atoms with Gasteiger partial charge in [-0.25, -0.2) is 0 Å². The van der Waals surface area contributed by atoms with E-state index in [2.05, 4.69) is 59.3 Å². The number of hydrogen-bond acceptors (Lipinski definition) is 5. The highest BCUT2D eigenvalue weighted by atomic mass is 79.9. The lowest BCUT2D eigenvalue weighted by Gasteiger charge is -2.53. The van der Waals surface area contributed by atoms with Crippen molar-refractivity contribution in [2.45, 2.75) is 64.7 Å². The van der Waals surface area contributed by atoms with Crippen LogP contribution in [0.5, 0.6) is 0 Å². The smallest absolute Gasteiger partial charge is 0.309 e. The minimum atomic E-state index is -0.830. The Morgan fingerprint density at radius 1 is 1.31 bits per heavy atom. The van der Waals surface area contributed by atoms with Gasteiger partial charge in [-0.1, -0.05) is 48.3 Å². The molecule has 2 aliphatic carbocycles. The molecule has 0 radical (unpaired) electrons. The number of carboxylic acid groups (broad SMARTS) is 1. The van der Waals surface area contributed by atoms with Crippen molar-refractivity contribution in [2.75, 3.05) is 13.2 Å². The average Bonchev–Trinajstić information content (AvgIpc) is 3.34. The zero-order valence-electron chi connectivity index (χ0n) is 20.7. The molecule has 2 N–H and O–H groups in total. The molecule has 6 nitrogen and oxygen atoms in total. The molecule has 0 unspecified atom stereocenters. The largest absolute Gasteiger partial charge is 0.481 e. The Morgan fingerprint density at radius 2 is 2.09 bits per heavy atom. The molecule has 188 valence electrons. The van der Waals surface area contributed by atoms with Crippen molar-refractivity contribution in [3.8, 4) is 0 Å². The fourth-order valence-corrected chi connectivity index (χ4v) is 7.30. The van der Waals surface area contributed by atoms with E-state index in [1.54, 1.807) is 11.4 Å². The number of halogens is 1. The van der Waals surface area contributed by atoms with E-state index in [1.165, 1.54) is 16.9 Å². The SMILES string of the molecule is CC(C)c1cc2c(cc1Br)[C@@]1(C)CCC[C@@](C)(C(=O)O)[C@@H]1C/C2=N\OCCNC(=O)c1ccsc1. The summed E-state index contributed by atoms with van der Waals surface area (Å²) in [5.74, 6) is -0.644. The van der Waals surface area contributed by atoms with Gasteiger partial charge in [0.05, 0.1) is 17.7 Å². The number of nitrogens with one attached hydrogen (secondary N) is 1. The van der Waals surface area contributed by atoms with Crippen molar-refractivity contribution in [1.29, 1.82) is 0 Å². The Balaban J connectivity index is 1.63. The molecule has 0 aliphatic heterocycles. The van der Waals surface area contributed by atoms with Crippen molar-refractivity contribution in [1.82, 2.24) is 5.32 Å². The summed E-state index contributed by atoms with van der Waals surface area (Å²) in [5, 5.41) is 21.2. The van der Waals surface area contributed by atoms with E-state index < -0.39 is 11.4 Å². The van der Waals surface area contributed by atoms with Crippen molar-refractivity contribution in [3.63, 3.8) is 0 Å². The Labute approximate surface area is 219 Å². The van der Waals surface area contributed by atoms with Crippen LogP contribution in [0.2, 0.25) is 0 Å². The third-order valence-corrected chi connectivity index (χ3v) is 9.31. The highest BCUT2D eigenvalue weighted by Crippen LogP contribution is 2.58. The zero-order chi connectivity index (χ0) is 25.4. The van der Waals surface area contributed by atoms with E-state index in [0.717, 1.165) is 34.2 Å². The number of oxime groups is 1. The third-order valence-electron chi connectivity index (χ3n) is 7.94. The molecule has 1 heterocycles. The quantitative estimate of drug-likeness (QED) is 0.305. The van der Waals surface area contributed by atoms with Gasteiger partial charge in [0.2, 0.25) is 0 Å². The fraction of sp³-hybridized carbons (Fsp3) is 0.519. The number of aliphatic carboxylic acids is 1. The number of thiophene rings is 1. The van der Waals surface area contributed by atoms with Crippen LogP contribution in [0.1, 0.15) is 86.3 Å². The van der Waals surface area contributed by atoms with Crippen LogP contribution in [0.25, 0.3) is 0 Å². The summed E-state index contributed by atoms with van der Waals surface area (Å²) < 4.78 is 1.05. The maximum absolute atomic E-state index is 12.4. The number of amides is 1. The van der Waals surface area contributed by atoms with Gasteiger partial charge in [0.25, 0.3) is 5.91 Å². The van der Waals surface area contributed by atoms with Crippen molar-refractivity contribution in [3.05, 3.63) is 55.7 Å². The monoisotopic (exact) mass is 560 g/mol. The molecule has 35 heavy (non-hydrogen) atoms. The lowest BCUT2D eigenvalue weighted by Crippen LogP contribution is -2.53. The van der Waals surface area contributed by atoms with Crippen LogP contribution in [0.15, 0.2) is 38.6 Å². The van der Waals surface area contributed by atoms with Crippen LogP contribution in [-0.4, -0.2) is 35.8 Å². The Kier molecular flexibility index (Phi) is 7.44. The van der Waals surface area contributed by atoms with Gasteiger partial charge < -0.3 is 15.3 Å². The summed E-state index contributed by atoms with van der Waals surface area (Å²) in [6, 6.07) is 6.16. The number of nitrogens with zero attached hydrogens (tertiary/aromatic N) is 1. The molecule has 8 heteroatoms. The van der Waals surface area contributed by atoms with Crippen molar-refractivity contribution < 1.29 is 19.5 Å². The minimum absolute atomic E-state index is 0.0915.